The Morgan fingerprint density at radius 1 is 1.22 bits per heavy atom. The van der Waals surface area contributed by atoms with Crippen LogP contribution in [0, 0.1) is 0 Å². The third-order valence-corrected chi connectivity index (χ3v) is 4.18. The maximum atomic E-state index is 5.53. The van der Waals surface area contributed by atoms with Crippen LogP contribution in [0.25, 0.3) is 11.0 Å². The van der Waals surface area contributed by atoms with Crippen LogP contribution in [0.15, 0.2) is 52.5 Å². The Morgan fingerprint density at radius 3 is 2.94 bits per heavy atom. The van der Waals surface area contributed by atoms with Crippen LogP contribution in [0.2, 0.25) is 0 Å². The van der Waals surface area contributed by atoms with Crippen molar-refractivity contribution < 1.29 is 4.42 Å². The number of rotatable bonds is 4. The minimum absolute atomic E-state index is 0.374. The number of nitrogens with one attached hydrogen (secondary N) is 1. The quantitative estimate of drug-likeness (QED) is 0.752. The van der Waals surface area contributed by atoms with E-state index in [2.05, 4.69) is 35.8 Å². The second-order valence-electron chi connectivity index (χ2n) is 4.38. The van der Waals surface area contributed by atoms with E-state index in [9.17, 15) is 0 Å². The van der Waals surface area contributed by atoms with Gasteiger partial charge in [0.2, 0.25) is 0 Å². The van der Waals surface area contributed by atoms with E-state index in [0.717, 1.165) is 12.1 Å². The van der Waals surface area contributed by atoms with Gasteiger partial charge in [-0.15, -0.1) is 11.3 Å². The third-order valence-electron chi connectivity index (χ3n) is 3.13. The largest absolute Gasteiger partial charge is 0.464 e. The summed E-state index contributed by atoms with van der Waals surface area (Å²) in [5.41, 5.74) is 2.17. The SMILES string of the molecule is CC(NCc1coc2ccccc12)c1cccs1. The molecular formula is C15H15NOS. The van der Waals surface area contributed by atoms with Gasteiger partial charge < -0.3 is 9.73 Å². The van der Waals surface area contributed by atoms with Crippen molar-refractivity contribution in [2.24, 2.45) is 0 Å². The van der Waals surface area contributed by atoms with Gasteiger partial charge in [0, 0.05) is 28.4 Å². The van der Waals surface area contributed by atoms with E-state index in [1.807, 2.05) is 24.5 Å². The van der Waals surface area contributed by atoms with Crippen molar-refractivity contribution >= 4 is 22.3 Å². The highest BCUT2D eigenvalue weighted by Gasteiger charge is 2.08. The summed E-state index contributed by atoms with van der Waals surface area (Å²) < 4.78 is 5.53. The molecule has 2 nitrogen and oxygen atoms in total. The molecule has 18 heavy (non-hydrogen) atoms. The van der Waals surface area contributed by atoms with Crippen LogP contribution >= 0.6 is 11.3 Å². The van der Waals surface area contributed by atoms with Crippen molar-refractivity contribution in [3.8, 4) is 0 Å². The molecule has 1 unspecified atom stereocenters. The lowest BCUT2D eigenvalue weighted by molar-refractivity contribution is 0.568. The van der Waals surface area contributed by atoms with E-state index in [1.54, 1.807) is 11.3 Å². The molecule has 1 aromatic carbocycles. The van der Waals surface area contributed by atoms with Crippen LogP contribution < -0.4 is 5.32 Å². The van der Waals surface area contributed by atoms with Crippen molar-refractivity contribution in [2.75, 3.05) is 0 Å². The van der Waals surface area contributed by atoms with E-state index >= 15 is 0 Å². The first kappa shape index (κ1) is 11.5. The van der Waals surface area contributed by atoms with Crippen molar-refractivity contribution in [1.82, 2.24) is 5.32 Å². The average Bonchev–Trinajstić information content (AvgIpc) is 3.06. The van der Waals surface area contributed by atoms with Gasteiger partial charge in [-0.05, 0) is 24.4 Å². The molecule has 0 spiro atoms. The Bertz CT molecular complexity index is 627. The van der Waals surface area contributed by atoms with Crippen LogP contribution in [-0.4, -0.2) is 0 Å². The highest BCUT2D eigenvalue weighted by atomic mass is 32.1. The summed E-state index contributed by atoms with van der Waals surface area (Å²) >= 11 is 1.79. The summed E-state index contributed by atoms with van der Waals surface area (Å²) in [5.74, 6) is 0. The molecule has 0 aliphatic carbocycles. The second kappa shape index (κ2) is 4.96. The third kappa shape index (κ3) is 2.19. The molecule has 1 atom stereocenters. The molecule has 0 radical (unpaired) electrons. The summed E-state index contributed by atoms with van der Waals surface area (Å²) in [6.07, 6.45) is 1.85. The van der Waals surface area contributed by atoms with Crippen molar-refractivity contribution in [2.45, 2.75) is 19.5 Å². The van der Waals surface area contributed by atoms with E-state index in [0.29, 0.717) is 6.04 Å². The van der Waals surface area contributed by atoms with Gasteiger partial charge >= 0.3 is 0 Å². The predicted octanol–water partition coefficient (Wildman–Crippen LogP) is 4.35. The number of hydrogen-bond donors (Lipinski definition) is 1. The number of fused-ring (bicyclic) bond motifs is 1. The number of benzene rings is 1. The van der Waals surface area contributed by atoms with Crippen LogP contribution in [0.5, 0.6) is 0 Å². The second-order valence-corrected chi connectivity index (χ2v) is 5.35. The summed E-state index contributed by atoms with van der Waals surface area (Å²) in [5, 5.41) is 6.84. The van der Waals surface area contributed by atoms with Gasteiger partial charge in [0.25, 0.3) is 0 Å². The lowest BCUT2D eigenvalue weighted by atomic mass is 10.1. The molecule has 3 aromatic rings. The molecule has 3 heteroatoms. The molecular weight excluding hydrogens is 242 g/mol. The number of para-hydroxylation sites is 1. The molecule has 0 aliphatic rings. The van der Waals surface area contributed by atoms with Gasteiger partial charge in [0.1, 0.15) is 5.58 Å². The molecule has 0 aliphatic heterocycles. The van der Waals surface area contributed by atoms with Crippen molar-refractivity contribution in [3.63, 3.8) is 0 Å². The van der Waals surface area contributed by atoms with Gasteiger partial charge in [-0.25, -0.2) is 0 Å². The van der Waals surface area contributed by atoms with E-state index in [1.165, 1.54) is 15.8 Å². The van der Waals surface area contributed by atoms with Gasteiger partial charge in [0.05, 0.1) is 6.26 Å². The average molecular weight is 257 g/mol. The zero-order valence-corrected chi connectivity index (χ0v) is 11.0. The fourth-order valence-corrected chi connectivity index (χ4v) is 2.83. The minimum Gasteiger partial charge on any atom is -0.464 e. The Labute approximate surface area is 110 Å². The van der Waals surface area contributed by atoms with Gasteiger partial charge in [0.15, 0.2) is 0 Å². The predicted molar refractivity (Wildman–Crippen MR) is 75.8 cm³/mol. The van der Waals surface area contributed by atoms with Crippen LogP contribution in [0.4, 0.5) is 0 Å². The summed E-state index contributed by atoms with van der Waals surface area (Å²) in [7, 11) is 0. The highest BCUT2D eigenvalue weighted by molar-refractivity contribution is 7.10. The van der Waals surface area contributed by atoms with Gasteiger partial charge in [-0.2, -0.15) is 0 Å². The molecule has 0 fully saturated rings. The first-order chi connectivity index (χ1) is 8.84. The molecule has 1 N–H and O–H groups in total. The monoisotopic (exact) mass is 257 g/mol. The maximum absolute atomic E-state index is 5.53. The lowest BCUT2D eigenvalue weighted by Crippen LogP contribution is -2.16. The molecule has 2 heterocycles. The van der Waals surface area contributed by atoms with Crippen molar-refractivity contribution in [1.29, 1.82) is 0 Å². The Kier molecular flexibility index (Phi) is 3.17. The highest BCUT2D eigenvalue weighted by Crippen LogP contribution is 2.22. The normalized spacial score (nSPS) is 12.9. The molecule has 3 rings (SSSR count). The van der Waals surface area contributed by atoms with Crippen LogP contribution in [0.3, 0.4) is 0 Å². The topological polar surface area (TPSA) is 25.2 Å². The number of furan rings is 1. The zero-order chi connectivity index (χ0) is 12.4. The standard InChI is InChI=1S/C15H15NOS/c1-11(15-7-4-8-18-15)16-9-12-10-17-14-6-3-2-5-13(12)14/h2-8,10-11,16H,9H2,1H3. The smallest absolute Gasteiger partial charge is 0.134 e. The fourth-order valence-electron chi connectivity index (χ4n) is 2.07. The van der Waals surface area contributed by atoms with Crippen LogP contribution in [0.1, 0.15) is 23.4 Å². The molecule has 0 bridgehead atoms. The first-order valence-corrected chi connectivity index (χ1v) is 6.94. The van der Waals surface area contributed by atoms with E-state index < -0.39 is 0 Å². The van der Waals surface area contributed by atoms with Crippen molar-refractivity contribution in [3.05, 3.63) is 58.5 Å². The van der Waals surface area contributed by atoms with Gasteiger partial charge in [-0.3, -0.25) is 0 Å². The summed E-state index contributed by atoms with van der Waals surface area (Å²) in [4.78, 5) is 1.36. The van der Waals surface area contributed by atoms with Crippen LogP contribution in [-0.2, 0) is 6.54 Å². The number of thiophene rings is 1. The summed E-state index contributed by atoms with van der Waals surface area (Å²) in [6, 6.07) is 12.8. The lowest BCUT2D eigenvalue weighted by Gasteiger charge is -2.11. The molecule has 0 saturated carbocycles. The Balaban J connectivity index is 1.73. The first-order valence-electron chi connectivity index (χ1n) is 6.06. The summed E-state index contributed by atoms with van der Waals surface area (Å²) in [6.45, 7) is 3.02. The molecule has 0 saturated heterocycles. The van der Waals surface area contributed by atoms with E-state index in [-0.39, 0.29) is 0 Å². The fraction of sp³-hybridized carbons (Fsp3) is 0.200. The molecule has 0 amide bonds. The zero-order valence-electron chi connectivity index (χ0n) is 10.2. The Morgan fingerprint density at radius 2 is 2.11 bits per heavy atom. The molecule has 2 aromatic heterocycles. The van der Waals surface area contributed by atoms with Gasteiger partial charge in [-0.1, -0.05) is 24.3 Å². The molecule has 92 valence electrons. The Hall–Kier alpha value is -1.58. The minimum atomic E-state index is 0.374. The van der Waals surface area contributed by atoms with E-state index in [4.69, 9.17) is 4.42 Å². The maximum Gasteiger partial charge on any atom is 0.134 e. The number of hydrogen-bond acceptors (Lipinski definition) is 3.